The minimum Gasteiger partial charge on any atom is -0.480 e. The van der Waals surface area contributed by atoms with Crippen LogP contribution in [0.25, 0.3) is 0 Å². The van der Waals surface area contributed by atoms with Crippen molar-refractivity contribution in [3.63, 3.8) is 0 Å². The van der Waals surface area contributed by atoms with Gasteiger partial charge in [0.2, 0.25) is 0 Å². The lowest BCUT2D eigenvalue weighted by atomic mass is 10.1. The lowest BCUT2D eigenvalue weighted by molar-refractivity contribution is -0.384. The Morgan fingerprint density at radius 2 is 1.96 bits per heavy atom. The van der Waals surface area contributed by atoms with Crippen molar-refractivity contribution in [3.05, 3.63) is 39.9 Å². The maximum absolute atomic E-state index is 11.4. The zero-order chi connectivity index (χ0) is 17.2. The standard InChI is InChI=1S/C14H19N3O6/c15-12(13(18)19)3-1-2-8-16-14(20)23-9-10-4-6-11(7-5-10)17(21)22/h4-7,12H,1-3,8-9,15H2,(H,16,20)(H,18,19)/t12-/m0/s1. The Morgan fingerprint density at radius 3 is 2.52 bits per heavy atom. The van der Waals surface area contributed by atoms with E-state index in [0.717, 1.165) is 0 Å². The van der Waals surface area contributed by atoms with Crippen molar-refractivity contribution >= 4 is 17.7 Å². The van der Waals surface area contributed by atoms with E-state index >= 15 is 0 Å². The summed E-state index contributed by atoms with van der Waals surface area (Å²) in [5.74, 6) is -1.04. The Balaban J connectivity index is 2.17. The van der Waals surface area contributed by atoms with Gasteiger partial charge in [0.05, 0.1) is 4.92 Å². The molecule has 23 heavy (non-hydrogen) atoms. The molecule has 1 aromatic carbocycles. The summed E-state index contributed by atoms with van der Waals surface area (Å²) < 4.78 is 4.96. The molecule has 1 rings (SSSR count). The zero-order valence-corrected chi connectivity index (χ0v) is 12.4. The second-order valence-corrected chi connectivity index (χ2v) is 4.87. The first-order valence-electron chi connectivity index (χ1n) is 7.02. The van der Waals surface area contributed by atoms with Gasteiger partial charge in [-0.1, -0.05) is 0 Å². The van der Waals surface area contributed by atoms with E-state index in [9.17, 15) is 19.7 Å². The van der Waals surface area contributed by atoms with Crippen LogP contribution in [0.2, 0.25) is 0 Å². The molecule has 0 aliphatic heterocycles. The molecule has 9 nitrogen and oxygen atoms in total. The number of carbonyl (C=O) groups is 2. The number of carbonyl (C=O) groups excluding carboxylic acids is 1. The number of non-ortho nitro benzene ring substituents is 1. The summed E-state index contributed by atoms with van der Waals surface area (Å²) in [6, 6.07) is 4.81. The van der Waals surface area contributed by atoms with Gasteiger partial charge < -0.3 is 20.9 Å². The summed E-state index contributed by atoms with van der Waals surface area (Å²) >= 11 is 0. The first kappa shape index (κ1) is 18.4. The van der Waals surface area contributed by atoms with Gasteiger partial charge in [-0.15, -0.1) is 0 Å². The van der Waals surface area contributed by atoms with Crippen molar-refractivity contribution in [1.29, 1.82) is 0 Å². The fourth-order valence-electron chi connectivity index (χ4n) is 1.72. The summed E-state index contributed by atoms with van der Waals surface area (Å²) in [6.45, 7) is 0.360. The van der Waals surface area contributed by atoms with Crippen molar-refractivity contribution in [3.8, 4) is 0 Å². The van der Waals surface area contributed by atoms with Crippen molar-refractivity contribution in [1.82, 2.24) is 5.32 Å². The van der Waals surface area contributed by atoms with Gasteiger partial charge >= 0.3 is 12.1 Å². The number of nitro benzene ring substituents is 1. The van der Waals surface area contributed by atoms with E-state index in [0.29, 0.717) is 31.4 Å². The van der Waals surface area contributed by atoms with E-state index < -0.39 is 23.0 Å². The highest BCUT2D eigenvalue weighted by molar-refractivity contribution is 5.72. The number of alkyl carbamates (subject to hydrolysis) is 1. The fraction of sp³-hybridized carbons (Fsp3) is 0.429. The van der Waals surface area contributed by atoms with Crippen molar-refractivity contribution < 1.29 is 24.4 Å². The van der Waals surface area contributed by atoms with E-state index in [-0.39, 0.29) is 12.3 Å². The number of hydrogen-bond acceptors (Lipinski definition) is 6. The number of rotatable bonds is 9. The number of aliphatic carboxylic acids is 1. The third-order valence-electron chi connectivity index (χ3n) is 3.05. The highest BCUT2D eigenvalue weighted by atomic mass is 16.6. The minimum atomic E-state index is -1.04. The first-order valence-corrected chi connectivity index (χ1v) is 7.02. The van der Waals surface area contributed by atoms with Crippen LogP contribution in [0.3, 0.4) is 0 Å². The molecule has 0 spiro atoms. The minimum absolute atomic E-state index is 0.00765. The normalized spacial score (nSPS) is 11.5. The Labute approximate surface area is 132 Å². The molecule has 0 radical (unpaired) electrons. The number of nitrogens with one attached hydrogen (secondary N) is 1. The number of nitrogens with two attached hydrogens (primary N) is 1. The van der Waals surface area contributed by atoms with Crippen LogP contribution in [0.1, 0.15) is 24.8 Å². The van der Waals surface area contributed by atoms with Gasteiger partial charge in [-0.2, -0.15) is 0 Å². The van der Waals surface area contributed by atoms with E-state index in [1.54, 1.807) is 0 Å². The molecule has 0 bridgehead atoms. The van der Waals surface area contributed by atoms with E-state index in [4.69, 9.17) is 15.6 Å². The summed E-state index contributed by atoms with van der Waals surface area (Å²) in [5, 5.41) is 21.6. The van der Waals surface area contributed by atoms with Crippen molar-refractivity contribution in [2.45, 2.75) is 31.9 Å². The van der Waals surface area contributed by atoms with Gasteiger partial charge in [-0.3, -0.25) is 14.9 Å². The Morgan fingerprint density at radius 1 is 1.30 bits per heavy atom. The molecule has 0 saturated carbocycles. The average molecular weight is 325 g/mol. The van der Waals surface area contributed by atoms with Crippen LogP contribution in [0, 0.1) is 10.1 Å². The smallest absolute Gasteiger partial charge is 0.407 e. The number of ether oxygens (including phenoxy) is 1. The third kappa shape index (κ3) is 7.23. The molecule has 0 aromatic heterocycles. The van der Waals surface area contributed by atoms with Crippen LogP contribution in [0.4, 0.5) is 10.5 Å². The number of unbranched alkanes of at least 4 members (excludes halogenated alkanes) is 1. The Hall–Kier alpha value is -2.68. The van der Waals surface area contributed by atoms with Gasteiger partial charge in [0.15, 0.2) is 0 Å². The van der Waals surface area contributed by atoms with Crippen LogP contribution in [0.15, 0.2) is 24.3 Å². The molecular formula is C14H19N3O6. The van der Waals surface area contributed by atoms with E-state index in [1.165, 1.54) is 24.3 Å². The van der Waals surface area contributed by atoms with Crippen LogP contribution in [-0.4, -0.2) is 34.7 Å². The molecule has 0 fully saturated rings. The Bertz CT molecular complexity index is 546. The summed E-state index contributed by atoms with van der Waals surface area (Å²) in [5.41, 5.74) is 5.95. The average Bonchev–Trinajstić information content (AvgIpc) is 2.52. The molecule has 0 unspecified atom stereocenters. The third-order valence-corrected chi connectivity index (χ3v) is 3.05. The van der Waals surface area contributed by atoms with Gasteiger partial charge in [-0.05, 0) is 37.0 Å². The number of amides is 1. The number of nitrogens with zero attached hydrogens (tertiary/aromatic N) is 1. The lowest BCUT2D eigenvalue weighted by Crippen LogP contribution is -2.30. The molecule has 0 heterocycles. The maximum Gasteiger partial charge on any atom is 0.407 e. The molecule has 126 valence electrons. The number of hydrogen-bond donors (Lipinski definition) is 3. The second kappa shape index (κ2) is 9.36. The predicted octanol–water partition coefficient (Wildman–Crippen LogP) is 1.40. The van der Waals surface area contributed by atoms with Crippen molar-refractivity contribution in [2.24, 2.45) is 5.73 Å². The highest BCUT2D eigenvalue weighted by Gasteiger charge is 2.10. The molecule has 1 amide bonds. The molecule has 9 heteroatoms. The molecule has 1 aromatic rings. The molecule has 0 aliphatic rings. The molecule has 0 saturated heterocycles. The summed E-state index contributed by atoms with van der Waals surface area (Å²) in [4.78, 5) is 31.9. The molecule has 4 N–H and O–H groups in total. The monoisotopic (exact) mass is 325 g/mol. The van der Waals surface area contributed by atoms with Crippen molar-refractivity contribution in [2.75, 3.05) is 6.54 Å². The van der Waals surface area contributed by atoms with Crippen LogP contribution >= 0.6 is 0 Å². The topological polar surface area (TPSA) is 145 Å². The lowest BCUT2D eigenvalue weighted by Gasteiger charge is -2.08. The quantitative estimate of drug-likeness (QED) is 0.353. The van der Waals surface area contributed by atoms with E-state index in [2.05, 4.69) is 5.32 Å². The van der Waals surface area contributed by atoms with Gasteiger partial charge in [0.25, 0.3) is 5.69 Å². The molecule has 1 atom stereocenters. The van der Waals surface area contributed by atoms with Crippen LogP contribution in [-0.2, 0) is 16.1 Å². The number of benzene rings is 1. The zero-order valence-electron chi connectivity index (χ0n) is 12.4. The number of carboxylic acids is 1. The van der Waals surface area contributed by atoms with E-state index in [1.807, 2.05) is 0 Å². The van der Waals surface area contributed by atoms with Gasteiger partial charge in [0.1, 0.15) is 12.6 Å². The SMILES string of the molecule is N[C@@H](CCCCNC(=O)OCc1ccc([N+](=O)[O-])cc1)C(=O)O. The van der Waals surface area contributed by atoms with Crippen LogP contribution < -0.4 is 11.1 Å². The highest BCUT2D eigenvalue weighted by Crippen LogP contribution is 2.12. The molecular weight excluding hydrogens is 306 g/mol. The predicted molar refractivity (Wildman–Crippen MR) is 80.7 cm³/mol. The van der Waals surface area contributed by atoms with Crippen LogP contribution in [0.5, 0.6) is 0 Å². The fourth-order valence-corrected chi connectivity index (χ4v) is 1.72. The molecule has 0 aliphatic carbocycles. The second-order valence-electron chi connectivity index (χ2n) is 4.87. The van der Waals surface area contributed by atoms with Gasteiger partial charge in [-0.25, -0.2) is 4.79 Å². The number of nitro groups is 1. The first-order chi connectivity index (χ1) is 10.9. The summed E-state index contributed by atoms with van der Waals surface area (Å²) in [6.07, 6.45) is 0.907. The number of carboxylic acid groups (broad SMARTS) is 1. The Kier molecular flexibility index (Phi) is 7.48. The largest absolute Gasteiger partial charge is 0.480 e. The van der Waals surface area contributed by atoms with Gasteiger partial charge in [0, 0.05) is 18.7 Å². The maximum atomic E-state index is 11.4. The summed E-state index contributed by atoms with van der Waals surface area (Å²) in [7, 11) is 0.